The average Bonchev–Trinajstić information content (AvgIpc) is 2.80. The third-order valence-electron chi connectivity index (χ3n) is 8.45. The molecule has 0 atom stereocenters. The van der Waals surface area contributed by atoms with E-state index in [2.05, 4.69) is 44.2 Å². The summed E-state index contributed by atoms with van der Waals surface area (Å²) < 4.78 is 0. The van der Waals surface area contributed by atoms with Gasteiger partial charge in [0.25, 0.3) is 0 Å². The molecule has 1 heteroatoms. The highest BCUT2D eigenvalue weighted by Gasteiger charge is 2.39. The van der Waals surface area contributed by atoms with Crippen LogP contribution in [0.1, 0.15) is 121 Å². The minimum atomic E-state index is -0.226. The lowest BCUT2D eigenvalue weighted by Gasteiger charge is -2.41. The van der Waals surface area contributed by atoms with Crippen LogP contribution >= 0.6 is 0 Å². The van der Waals surface area contributed by atoms with Crippen molar-refractivity contribution >= 4 is 0 Å². The van der Waals surface area contributed by atoms with Gasteiger partial charge in [-0.2, -0.15) is 5.26 Å². The molecule has 2 aliphatic carbocycles. The maximum absolute atomic E-state index is 10.1. The van der Waals surface area contributed by atoms with Gasteiger partial charge in [-0.3, -0.25) is 0 Å². The zero-order valence-corrected chi connectivity index (χ0v) is 19.8. The van der Waals surface area contributed by atoms with Crippen LogP contribution in [0.3, 0.4) is 0 Å². The minimum absolute atomic E-state index is 0.226. The summed E-state index contributed by atoms with van der Waals surface area (Å²) in [6.07, 6.45) is 21.2. The maximum Gasteiger partial charge on any atom is 0.0822 e. The number of unbranched alkanes of at least 4 members (excludes halogenated alkanes) is 4. The molecule has 2 saturated carbocycles. The summed E-state index contributed by atoms with van der Waals surface area (Å²) in [7, 11) is 0. The van der Waals surface area contributed by atoms with Crippen LogP contribution in [0.4, 0.5) is 0 Å². The summed E-state index contributed by atoms with van der Waals surface area (Å²) in [6.45, 7) is 4.57. The predicted octanol–water partition coefficient (Wildman–Crippen LogP) is 8.76. The molecule has 166 valence electrons. The highest BCUT2D eigenvalue weighted by atomic mass is 14.5. The summed E-state index contributed by atoms with van der Waals surface area (Å²) in [5.74, 6) is 2.81. The van der Waals surface area contributed by atoms with Crippen LogP contribution in [0.2, 0.25) is 0 Å². The Morgan fingerprint density at radius 3 is 2.00 bits per heavy atom. The van der Waals surface area contributed by atoms with Gasteiger partial charge < -0.3 is 0 Å². The zero-order chi connectivity index (χ0) is 21.2. The molecule has 3 rings (SSSR count). The molecule has 0 saturated heterocycles. The van der Waals surface area contributed by atoms with Gasteiger partial charge in [0.2, 0.25) is 0 Å². The fourth-order valence-corrected chi connectivity index (χ4v) is 6.27. The molecule has 0 bridgehead atoms. The number of benzene rings is 1. The molecule has 0 aromatic heterocycles. The third kappa shape index (κ3) is 6.12. The number of aryl methyl sites for hydroxylation is 1. The fraction of sp³-hybridized carbons (Fsp3) is 0.759. The largest absolute Gasteiger partial charge is 0.197 e. The Morgan fingerprint density at radius 2 is 1.40 bits per heavy atom. The summed E-state index contributed by atoms with van der Waals surface area (Å²) in [4.78, 5) is 0. The monoisotopic (exact) mass is 407 g/mol. The van der Waals surface area contributed by atoms with Crippen LogP contribution in [-0.4, -0.2) is 0 Å². The standard InChI is InChI=1S/C29H45N/c1-3-5-7-9-24-11-15-26(16-12-24)27-19-21-29(23-30,22-20-27)28-17-13-25(14-18-28)10-8-6-4-2/h13-14,17-18,24,26-27H,3-12,15-16,19-22H2,1-2H3/t24?,26?,27-,29-. The van der Waals surface area contributed by atoms with Crippen molar-refractivity contribution in [2.75, 3.05) is 0 Å². The van der Waals surface area contributed by atoms with Crippen molar-refractivity contribution in [2.24, 2.45) is 17.8 Å². The summed E-state index contributed by atoms with van der Waals surface area (Å²) in [6, 6.07) is 11.9. The Bertz CT molecular complexity index is 636. The van der Waals surface area contributed by atoms with Crippen molar-refractivity contribution < 1.29 is 0 Å². The van der Waals surface area contributed by atoms with E-state index >= 15 is 0 Å². The van der Waals surface area contributed by atoms with Crippen molar-refractivity contribution in [3.8, 4) is 6.07 Å². The lowest BCUT2D eigenvalue weighted by Crippen LogP contribution is -2.33. The van der Waals surface area contributed by atoms with Gasteiger partial charge in [0, 0.05) is 0 Å². The number of hydrogen-bond acceptors (Lipinski definition) is 1. The first kappa shape index (κ1) is 23.4. The van der Waals surface area contributed by atoms with Gasteiger partial charge in [-0.15, -0.1) is 0 Å². The van der Waals surface area contributed by atoms with E-state index in [-0.39, 0.29) is 5.41 Å². The Labute approximate surface area is 186 Å². The number of nitrogens with zero attached hydrogens (tertiary/aromatic N) is 1. The molecule has 1 nitrogen and oxygen atoms in total. The second-order valence-corrected chi connectivity index (χ2v) is 10.5. The lowest BCUT2D eigenvalue weighted by atomic mass is 9.62. The summed E-state index contributed by atoms with van der Waals surface area (Å²) in [5, 5.41) is 10.1. The molecule has 2 fully saturated rings. The molecule has 0 heterocycles. The van der Waals surface area contributed by atoms with Crippen molar-refractivity contribution in [1.82, 2.24) is 0 Å². The molecule has 1 aromatic carbocycles. The second kappa shape index (κ2) is 11.9. The topological polar surface area (TPSA) is 23.8 Å². The van der Waals surface area contributed by atoms with Crippen molar-refractivity contribution in [3.05, 3.63) is 35.4 Å². The van der Waals surface area contributed by atoms with Gasteiger partial charge in [0.1, 0.15) is 0 Å². The van der Waals surface area contributed by atoms with Crippen LogP contribution in [0, 0.1) is 29.1 Å². The van der Waals surface area contributed by atoms with E-state index < -0.39 is 0 Å². The van der Waals surface area contributed by atoms with E-state index in [0.29, 0.717) is 0 Å². The van der Waals surface area contributed by atoms with Crippen molar-refractivity contribution in [1.29, 1.82) is 5.26 Å². The van der Waals surface area contributed by atoms with E-state index in [1.54, 1.807) is 0 Å². The number of nitriles is 1. The summed E-state index contributed by atoms with van der Waals surface area (Å²) in [5.41, 5.74) is 2.49. The average molecular weight is 408 g/mol. The van der Waals surface area contributed by atoms with Gasteiger partial charge in [0.15, 0.2) is 0 Å². The number of rotatable bonds is 10. The second-order valence-electron chi connectivity index (χ2n) is 10.5. The quantitative estimate of drug-likeness (QED) is 0.355. The van der Waals surface area contributed by atoms with Crippen LogP contribution in [0.25, 0.3) is 0 Å². The van der Waals surface area contributed by atoms with Crippen LogP contribution in [0.5, 0.6) is 0 Å². The molecule has 2 aliphatic rings. The third-order valence-corrected chi connectivity index (χ3v) is 8.45. The van der Waals surface area contributed by atoms with Crippen LogP contribution in [0.15, 0.2) is 24.3 Å². The molecule has 1 aromatic rings. The predicted molar refractivity (Wildman–Crippen MR) is 129 cm³/mol. The molecule has 0 N–H and O–H groups in total. The Balaban J connectivity index is 1.49. The molecule has 0 amide bonds. The smallest absolute Gasteiger partial charge is 0.0822 e. The first-order valence-corrected chi connectivity index (χ1v) is 13.2. The van der Waals surface area contributed by atoms with Crippen molar-refractivity contribution in [2.45, 2.75) is 122 Å². The van der Waals surface area contributed by atoms with E-state index in [1.807, 2.05) is 0 Å². The van der Waals surface area contributed by atoms with Crippen molar-refractivity contribution in [3.63, 3.8) is 0 Å². The van der Waals surface area contributed by atoms with E-state index in [4.69, 9.17) is 0 Å². The Kier molecular flexibility index (Phi) is 9.29. The molecule has 0 aliphatic heterocycles. The van der Waals surface area contributed by atoms with Gasteiger partial charge in [0.05, 0.1) is 11.5 Å². The van der Waals surface area contributed by atoms with Crippen LogP contribution < -0.4 is 0 Å². The van der Waals surface area contributed by atoms with E-state index in [0.717, 1.165) is 30.6 Å². The SMILES string of the molecule is CCCCCc1ccc([C@]2(C#N)CC[C@@H](C3CCC(CCCCC)CC3)CC2)cc1. The highest BCUT2D eigenvalue weighted by molar-refractivity contribution is 5.35. The maximum atomic E-state index is 10.1. The molecule has 0 spiro atoms. The van der Waals surface area contributed by atoms with Gasteiger partial charge >= 0.3 is 0 Å². The molecular formula is C29H45N. The molecular weight excluding hydrogens is 362 g/mol. The van der Waals surface area contributed by atoms with Gasteiger partial charge in [-0.25, -0.2) is 0 Å². The minimum Gasteiger partial charge on any atom is -0.197 e. The molecule has 30 heavy (non-hydrogen) atoms. The molecule has 0 unspecified atom stereocenters. The first-order chi connectivity index (χ1) is 14.7. The van der Waals surface area contributed by atoms with Crippen LogP contribution in [-0.2, 0) is 11.8 Å². The first-order valence-electron chi connectivity index (χ1n) is 13.2. The normalized spacial score (nSPS) is 29.4. The highest BCUT2D eigenvalue weighted by Crippen LogP contribution is 2.47. The van der Waals surface area contributed by atoms with Gasteiger partial charge in [-0.1, -0.05) is 89.5 Å². The fourth-order valence-electron chi connectivity index (χ4n) is 6.27. The molecule has 0 radical (unpaired) electrons. The lowest BCUT2D eigenvalue weighted by molar-refractivity contribution is 0.143. The van der Waals surface area contributed by atoms with E-state index in [1.165, 1.54) is 101 Å². The Morgan fingerprint density at radius 1 is 0.800 bits per heavy atom. The Hall–Kier alpha value is -1.29. The van der Waals surface area contributed by atoms with Gasteiger partial charge in [-0.05, 0) is 80.2 Å². The summed E-state index contributed by atoms with van der Waals surface area (Å²) >= 11 is 0. The zero-order valence-electron chi connectivity index (χ0n) is 19.8. The number of hydrogen-bond donors (Lipinski definition) is 0. The van der Waals surface area contributed by atoms with E-state index in [9.17, 15) is 5.26 Å².